The lowest BCUT2D eigenvalue weighted by atomic mass is 10.1. The topological polar surface area (TPSA) is 72.2 Å². The molecule has 3 N–H and O–H groups in total. The SMILES string of the molecule is NC(=O)c1cccc(C(=O)Nc2ccc(F)cc2Br)c1. The van der Waals surface area contributed by atoms with Crippen LogP contribution >= 0.6 is 15.9 Å². The van der Waals surface area contributed by atoms with Crippen LogP contribution in [0, 0.1) is 5.82 Å². The summed E-state index contributed by atoms with van der Waals surface area (Å²) in [6, 6.07) is 9.96. The van der Waals surface area contributed by atoms with Gasteiger partial charge in [0.25, 0.3) is 5.91 Å². The highest BCUT2D eigenvalue weighted by atomic mass is 79.9. The van der Waals surface area contributed by atoms with Gasteiger partial charge in [0.15, 0.2) is 0 Å². The van der Waals surface area contributed by atoms with Gasteiger partial charge in [0, 0.05) is 15.6 Å². The predicted molar refractivity (Wildman–Crippen MR) is 77.0 cm³/mol. The maximum atomic E-state index is 13.0. The van der Waals surface area contributed by atoms with Crippen LogP contribution in [-0.2, 0) is 0 Å². The standard InChI is InChI=1S/C14H10BrFN2O2/c15-11-7-10(16)4-5-12(11)18-14(20)9-3-1-2-8(6-9)13(17)19/h1-7H,(H2,17,19)(H,18,20). The van der Waals surface area contributed by atoms with E-state index >= 15 is 0 Å². The van der Waals surface area contributed by atoms with E-state index in [1.807, 2.05) is 0 Å². The average Bonchev–Trinajstić information content (AvgIpc) is 2.42. The van der Waals surface area contributed by atoms with Crippen LogP contribution in [0.15, 0.2) is 46.9 Å². The van der Waals surface area contributed by atoms with Gasteiger partial charge in [-0.05, 0) is 52.3 Å². The van der Waals surface area contributed by atoms with E-state index in [4.69, 9.17) is 5.73 Å². The highest BCUT2D eigenvalue weighted by molar-refractivity contribution is 9.10. The van der Waals surface area contributed by atoms with Gasteiger partial charge >= 0.3 is 0 Å². The Morgan fingerprint density at radius 1 is 1.10 bits per heavy atom. The largest absolute Gasteiger partial charge is 0.366 e. The number of nitrogens with one attached hydrogen (secondary N) is 1. The molecule has 102 valence electrons. The Kier molecular flexibility index (Phi) is 4.14. The number of anilines is 1. The smallest absolute Gasteiger partial charge is 0.255 e. The number of hydrogen-bond donors (Lipinski definition) is 2. The Bertz CT molecular complexity index is 689. The minimum absolute atomic E-state index is 0.246. The van der Waals surface area contributed by atoms with Crippen molar-refractivity contribution in [3.63, 3.8) is 0 Å². The molecule has 0 bridgehead atoms. The molecule has 0 unspecified atom stereocenters. The molecule has 0 fully saturated rings. The van der Waals surface area contributed by atoms with Gasteiger partial charge in [0.2, 0.25) is 5.91 Å². The van der Waals surface area contributed by atoms with E-state index in [2.05, 4.69) is 21.2 Å². The van der Waals surface area contributed by atoms with Gasteiger partial charge in [-0.3, -0.25) is 9.59 Å². The summed E-state index contributed by atoms with van der Waals surface area (Å²) >= 11 is 3.16. The molecular weight excluding hydrogens is 327 g/mol. The monoisotopic (exact) mass is 336 g/mol. The highest BCUT2D eigenvalue weighted by Gasteiger charge is 2.10. The maximum Gasteiger partial charge on any atom is 0.255 e. The average molecular weight is 337 g/mol. The molecule has 4 nitrogen and oxygen atoms in total. The zero-order valence-electron chi connectivity index (χ0n) is 10.2. The molecule has 0 spiro atoms. The van der Waals surface area contributed by atoms with Crippen molar-refractivity contribution in [2.75, 3.05) is 5.32 Å². The van der Waals surface area contributed by atoms with Crippen molar-refractivity contribution in [2.24, 2.45) is 5.73 Å². The summed E-state index contributed by atoms with van der Waals surface area (Å²) in [6.07, 6.45) is 0. The van der Waals surface area contributed by atoms with E-state index in [0.29, 0.717) is 10.2 Å². The summed E-state index contributed by atoms with van der Waals surface area (Å²) in [5, 5.41) is 2.62. The zero-order chi connectivity index (χ0) is 14.7. The molecule has 0 saturated carbocycles. The first-order chi connectivity index (χ1) is 9.47. The van der Waals surface area contributed by atoms with Crippen LogP contribution in [0.4, 0.5) is 10.1 Å². The molecule has 0 aliphatic carbocycles. The summed E-state index contributed by atoms with van der Waals surface area (Å²) in [7, 11) is 0. The zero-order valence-corrected chi connectivity index (χ0v) is 11.8. The van der Waals surface area contributed by atoms with Crippen molar-refractivity contribution < 1.29 is 14.0 Å². The van der Waals surface area contributed by atoms with E-state index in [9.17, 15) is 14.0 Å². The van der Waals surface area contributed by atoms with Crippen LogP contribution < -0.4 is 11.1 Å². The number of carbonyl (C=O) groups is 2. The number of amides is 2. The fourth-order valence-electron chi connectivity index (χ4n) is 1.60. The first-order valence-electron chi connectivity index (χ1n) is 5.63. The second-order valence-corrected chi connectivity index (χ2v) is 4.88. The van der Waals surface area contributed by atoms with E-state index in [1.54, 1.807) is 12.1 Å². The second-order valence-electron chi connectivity index (χ2n) is 4.02. The third-order valence-electron chi connectivity index (χ3n) is 2.59. The molecule has 2 amide bonds. The van der Waals surface area contributed by atoms with Crippen LogP contribution in [0.2, 0.25) is 0 Å². The third-order valence-corrected chi connectivity index (χ3v) is 3.24. The van der Waals surface area contributed by atoms with E-state index in [0.717, 1.165) is 0 Å². The van der Waals surface area contributed by atoms with Crippen molar-refractivity contribution >= 4 is 33.4 Å². The van der Waals surface area contributed by atoms with E-state index < -0.39 is 17.6 Å². The quantitative estimate of drug-likeness (QED) is 0.904. The van der Waals surface area contributed by atoms with Gasteiger partial charge in [-0.15, -0.1) is 0 Å². The number of carbonyl (C=O) groups excluding carboxylic acids is 2. The van der Waals surface area contributed by atoms with Crippen molar-refractivity contribution in [3.05, 3.63) is 63.9 Å². The van der Waals surface area contributed by atoms with Gasteiger partial charge in [0.1, 0.15) is 5.82 Å². The Labute approximate surface area is 122 Å². The number of rotatable bonds is 3. The summed E-state index contributed by atoms with van der Waals surface area (Å²) in [5.74, 6) is -1.44. The fraction of sp³-hybridized carbons (Fsp3) is 0. The van der Waals surface area contributed by atoms with Gasteiger partial charge in [-0.2, -0.15) is 0 Å². The van der Waals surface area contributed by atoms with Gasteiger partial charge in [-0.25, -0.2) is 4.39 Å². The maximum absolute atomic E-state index is 13.0. The van der Waals surface area contributed by atoms with E-state index in [1.165, 1.54) is 30.3 Å². The summed E-state index contributed by atoms with van der Waals surface area (Å²) in [5.41, 5.74) is 6.12. The molecule has 0 heterocycles. The lowest BCUT2D eigenvalue weighted by molar-refractivity contribution is 0.1000. The highest BCUT2D eigenvalue weighted by Crippen LogP contribution is 2.23. The Balaban J connectivity index is 2.24. The van der Waals surface area contributed by atoms with Gasteiger partial charge in [0.05, 0.1) is 5.69 Å². The lowest BCUT2D eigenvalue weighted by Gasteiger charge is -2.08. The van der Waals surface area contributed by atoms with Gasteiger partial charge in [-0.1, -0.05) is 6.07 Å². The normalized spacial score (nSPS) is 10.1. The fourth-order valence-corrected chi connectivity index (χ4v) is 2.05. The number of halogens is 2. The number of primary amides is 1. The summed E-state index contributed by atoms with van der Waals surface area (Å²) in [4.78, 5) is 23.1. The van der Waals surface area contributed by atoms with Crippen molar-refractivity contribution in [3.8, 4) is 0 Å². The van der Waals surface area contributed by atoms with Crippen LogP contribution in [-0.4, -0.2) is 11.8 Å². The number of benzene rings is 2. The molecule has 0 aliphatic rings. The number of nitrogens with two attached hydrogens (primary N) is 1. The van der Waals surface area contributed by atoms with E-state index in [-0.39, 0.29) is 11.1 Å². The molecule has 0 aromatic heterocycles. The van der Waals surface area contributed by atoms with Crippen molar-refractivity contribution in [1.82, 2.24) is 0 Å². The molecule has 0 atom stereocenters. The molecule has 0 aliphatic heterocycles. The van der Waals surface area contributed by atoms with Crippen LogP contribution in [0.1, 0.15) is 20.7 Å². The first kappa shape index (κ1) is 14.2. The third kappa shape index (κ3) is 3.21. The summed E-state index contributed by atoms with van der Waals surface area (Å²) in [6.45, 7) is 0. The molecule has 2 rings (SSSR count). The summed E-state index contributed by atoms with van der Waals surface area (Å²) < 4.78 is 13.4. The van der Waals surface area contributed by atoms with Crippen LogP contribution in [0.3, 0.4) is 0 Å². The van der Waals surface area contributed by atoms with Crippen molar-refractivity contribution in [1.29, 1.82) is 0 Å². The first-order valence-corrected chi connectivity index (χ1v) is 6.43. The Morgan fingerprint density at radius 3 is 2.45 bits per heavy atom. The minimum atomic E-state index is -0.609. The van der Waals surface area contributed by atoms with Gasteiger partial charge < -0.3 is 11.1 Å². The lowest BCUT2D eigenvalue weighted by Crippen LogP contribution is -2.15. The van der Waals surface area contributed by atoms with Crippen LogP contribution in [0.25, 0.3) is 0 Å². The molecule has 2 aromatic rings. The second kappa shape index (κ2) is 5.83. The molecular formula is C14H10BrFN2O2. The molecule has 2 aromatic carbocycles. The Morgan fingerprint density at radius 2 is 1.80 bits per heavy atom. The van der Waals surface area contributed by atoms with Crippen LogP contribution in [0.5, 0.6) is 0 Å². The predicted octanol–water partition coefficient (Wildman–Crippen LogP) is 2.94. The molecule has 6 heteroatoms. The molecule has 20 heavy (non-hydrogen) atoms. The minimum Gasteiger partial charge on any atom is -0.366 e. The van der Waals surface area contributed by atoms with Crippen molar-refractivity contribution in [2.45, 2.75) is 0 Å². The molecule has 0 saturated heterocycles. The Hall–Kier alpha value is -2.21. The molecule has 0 radical (unpaired) electrons. The number of hydrogen-bond acceptors (Lipinski definition) is 2.